The molecule has 2 aromatic heterocycles. The molecule has 0 aliphatic rings. The van der Waals surface area contributed by atoms with Gasteiger partial charge in [-0.15, -0.1) is 11.3 Å². The predicted octanol–water partition coefficient (Wildman–Crippen LogP) is 1.31. The van der Waals surface area contributed by atoms with E-state index in [1.54, 1.807) is 11.3 Å². The minimum atomic E-state index is 0.364. The van der Waals surface area contributed by atoms with Crippen LogP contribution >= 0.6 is 11.3 Å². The fraction of sp³-hybridized carbons (Fsp3) is 0.417. The third-order valence-corrected chi connectivity index (χ3v) is 3.59. The fourth-order valence-electron chi connectivity index (χ4n) is 1.67. The highest BCUT2D eigenvalue weighted by molar-refractivity contribution is 7.09. The largest absolute Gasteiger partial charge is 0.347 e. The number of nitrogen functional groups attached to an aromatic ring is 1. The van der Waals surface area contributed by atoms with Gasteiger partial charge in [-0.3, -0.25) is 5.43 Å². The summed E-state index contributed by atoms with van der Waals surface area (Å²) in [7, 11) is 3.77. The Hall–Kier alpha value is -1.93. The van der Waals surface area contributed by atoms with Gasteiger partial charge in [-0.1, -0.05) is 6.07 Å². The molecule has 0 spiro atoms. The molecule has 0 fully saturated rings. The number of rotatable bonds is 6. The van der Waals surface area contributed by atoms with Gasteiger partial charge in [0.05, 0.1) is 6.54 Å². The lowest BCUT2D eigenvalue weighted by Gasteiger charge is -2.22. The Balaban J connectivity index is 2.30. The number of hydrogen-bond donors (Lipinski definition) is 2. The molecule has 0 saturated heterocycles. The van der Waals surface area contributed by atoms with Crippen LogP contribution in [0.4, 0.5) is 17.8 Å². The number of nitrogens with zero attached hydrogens (tertiary/aromatic N) is 5. The van der Waals surface area contributed by atoms with Crippen LogP contribution in [0.3, 0.4) is 0 Å². The van der Waals surface area contributed by atoms with E-state index in [-0.39, 0.29) is 0 Å². The van der Waals surface area contributed by atoms with Crippen LogP contribution in [0.2, 0.25) is 0 Å². The molecule has 0 unspecified atom stereocenters. The molecule has 0 amide bonds. The lowest BCUT2D eigenvalue weighted by atomic mass is 10.4. The quantitative estimate of drug-likeness (QED) is 0.613. The fourth-order valence-corrected chi connectivity index (χ4v) is 2.39. The third-order valence-electron chi connectivity index (χ3n) is 2.73. The zero-order valence-electron chi connectivity index (χ0n) is 11.9. The Morgan fingerprint density at radius 3 is 2.55 bits per heavy atom. The minimum Gasteiger partial charge on any atom is -0.347 e. The molecule has 0 radical (unpaired) electrons. The Kier molecular flexibility index (Phi) is 4.70. The van der Waals surface area contributed by atoms with Crippen molar-refractivity contribution in [1.82, 2.24) is 15.0 Å². The normalized spacial score (nSPS) is 10.4. The monoisotopic (exact) mass is 293 g/mol. The molecule has 0 aliphatic heterocycles. The maximum Gasteiger partial charge on any atom is 0.243 e. The number of thiophene rings is 1. The molecule has 108 valence electrons. The highest BCUT2D eigenvalue weighted by Crippen LogP contribution is 2.19. The minimum absolute atomic E-state index is 0.364. The second-order valence-electron chi connectivity index (χ2n) is 4.39. The summed E-state index contributed by atoms with van der Waals surface area (Å²) in [6, 6.07) is 4.14. The molecule has 0 saturated carbocycles. The van der Waals surface area contributed by atoms with Crippen LogP contribution < -0.4 is 21.1 Å². The molecule has 2 aromatic rings. The van der Waals surface area contributed by atoms with Crippen LogP contribution in [-0.4, -0.2) is 35.6 Å². The van der Waals surface area contributed by atoms with Crippen molar-refractivity contribution in [3.05, 3.63) is 22.4 Å². The van der Waals surface area contributed by atoms with Crippen molar-refractivity contribution >= 4 is 29.2 Å². The topological polar surface area (TPSA) is 83.2 Å². The zero-order chi connectivity index (χ0) is 14.5. The molecular weight excluding hydrogens is 274 g/mol. The number of nitrogens with two attached hydrogens (primary N) is 1. The summed E-state index contributed by atoms with van der Waals surface area (Å²) >= 11 is 1.72. The lowest BCUT2D eigenvalue weighted by Crippen LogP contribution is -2.26. The van der Waals surface area contributed by atoms with Crippen molar-refractivity contribution in [3.63, 3.8) is 0 Å². The van der Waals surface area contributed by atoms with Gasteiger partial charge in [0.1, 0.15) is 0 Å². The first kappa shape index (κ1) is 14.5. The van der Waals surface area contributed by atoms with E-state index in [9.17, 15) is 0 Å². The van der Waals surface area contributed by atoms with Crippen LogP contribution in [0.5, 0.6) is 0 Å². The number of hydrogen-bond acceptors (Lipinski definition) is 8. The van der Waals surface area contributed by atoms with Crippen LogP contribution in [0, 0.1) is 0 Å². The van der Waals surface area contributed by atoms with Crippen molar-refractivity contribution < 1.29 is 0 Å². The molecule has 3 N–H and O–H groups in total. The van der Waals surface area contributed by atoms with E-state index in [4.69, 9.17) is 5.84 Å². The van der Waals surface area contributed by atoms with E-state index in [0.29, 0.717) is 17.8 Å². The number of anilines is 3. The summed E-state index contributed by atoms with van der Waals surface area (Å²) in [6.45, 7) is 3.65. The standard InChI is InChI=1S/C12H19N7S/c1-4-19(8-9-6-5-7-20-9)12-15-10(17-13)14-11(16-12)18(2)3/h5-7H,4,8,13H2,1-3H3,(H,14,15,16,17). The summed E-state index contributed by atoms with van der Waals surface area (Å²) in [6.07, 6.45) is 0. The van der Waals surface area contributed by atoms with Gasteiger partial charge in [-0.2, -0.15) is 15.0 Å². The van der Waals surface area contributed by atoms with Gasteiger partial charge in [0.25, 0.3) is 0 Å². The first-order valence-electron chi connectivity index (χ1n) is 6.31. The molecule has 0 atom stereocenters. The first-order valence-corrected chi connectivity index (χ1v) is 7.19. The first-order chi connectivity index (χ1) is 9.63. The van der Waals surface area contributed by atoms with E-state index in [1.807, 2.05) is 25.1 Å². The van der Waals surface area contributed by atoms with E-state index in [1.165, 1.54) is 4.88 Å². The highest BCUT2D eigenvalue weighted by Gasteiger charge is 2.13. The van der Waals surface area contributed by atoms with Gasteiger partial charge in [-0.05, 0) is 18.4 Å². The molecule has 2 heterocycles. The van der Waals surface area contributed by atoms with Gasteiger partial charge in [0, 0.05) is 25.5 Å². The Labute approximate surface area is 122 Å². The second kappa shape index (κ2) is 6.49. The molecule has 0 bridgehead atoms. The summed E-state index contributed by atoms with van der Waals surface area (Å²) < 4.78 is 0. The zero-order valence-corrected chi connectivity index (χ0v) is 12.7. The highest BCUT2D eigenvalue weighted by atomic mass is 32.1. The van der Waals surface area contributed by atoms with Gasteiger partial charge < -0.3 is 9.80 Å². The number of nitrogens with one attached hydrogen (secondary N) is 1. The predicted molar refractivity (Wildman–Crippen MR) is 83.0 cm³/mol. The average molecular weight is 293 g/mol. The second-order valence-corrected chi connectivity index (χ2v) is 5.42. The van der Waals surface area contributed by atoms with E-state index in [0.717, 1.165) is 13.1 Å². The third kappa shape index (κ3) is 3.34. The average Bonchev–Trinajstić information content (AvgIpc) is 2.97. The van der Waals surface area contributed by atoms with Crippen molar-refractivity contribution in [2.24, 2.45) is 5.84 Å². The van der Waals surface area contributed by atoms with Gasteiger partial charge in [0.15, 0.2) is 0 Å². The molecular formula is C12H19N7S. The van der Waals surface area contributed by atoms with E-state index >= 15 is 0 Å². The van der Waals surface area contributed by atoms with Gasteiger partial charge in [0.2, 0.25) is 17.8 Å². The van der Waals surface area contributed by atoms with Crippen molar-refractivity contribution in [1.29, 1.82) is 0 Å². The lowest BCUT2D eigenvalue weighted by molar-refractivity contribution is 0.787. The molecule has 20 heavy (non-hydrogen) atoms. The van der Waals surface area contributed by atoms with Gasteiger partial charge in [-0.25, -0.2) is 5.84 Å². The van der Waals surface area contributed by atoms with Gasteiger partial charge >= 0.3 is 0 Å². The van der Waals surface area contributed by atoms with Crippen LogP contribution in [-0.2, 0) is 6.54 Å². The van der Waals surface area contributed by atoms with Crippen LogP contribution in [0.1, 0.15) is 11.8 Å². The summed E-state index contributed by atoms with van der Waals surface area (Å²) in [5.41, 5.74) is 2.49. The van der Waals surface area contributed by atoms with Crippen LogP contribution in [0.15, 0.2) is 17.5 Å². The number of hydrazine groups is 1. The Morgan fingerprint density at radius 2 is 2.00 bits per heavy atom. The number of aromatic nitrogens is 3. The van der Waals surface area contributed by atoms with E-state index < -0.39 is 0 Å². The molecule has 8 heteroatoms. The molecule has 0 aliphatic carbocycles. The molecule has 7 nitrogen and oxygen atoms in total. The molecule has 0 aromatic carbocycles. The van der Waals surface area contributed by atoms with Crippen molar-refractivity contribution in [3.8, 4) is 0 Å². The molecule has 2 rings (SSSR count). The van der Waals surface area contributed by atoms with Crippen LogP contribution in [0.25, 0.3) is 0 Å². The van der Waals surface area contributed by atoms with E-state index in [2.05, 4.69) is 43.6 Å². The van der Waals surface area contributed by atoms with Crippen molar-refractivity contribution in [2.45, 2.75) is 13.5 Å². The SMILES string of the molecule is CCN(Cc1cccs1)c1nc(NN)nc(N(C)C)n1. The smallest absolute Gasteiger partial charge is 0.243 e. The Bertz CT molecular complexity index is 541. The summed E-state index contributed by atoms with van der Waals surface area (Å²) in [4.78, 5) is 18.2. The Morgan fingerprint density at radius 1 is 1.25 bits per heavy atom. The maximum atomic E-state index is 5.43. The van der Waals surface area contributed by atoms with Crippen molar-refractivity contribution in [2.75, 3.05) is 35.9 Å². The summed E-state index contributed by atoms with van der Waals surface area (Å²) in [5.74, 6) is 6.99. The summed E-state index contributed by atoms with van der Waals surface area (Å²) in [5, 5.41) is 2.06. The maximum absolute atomic E-state index is 5.43.